The van der Waals surface area contributed by atoms with Crippen molar-refractivity contribution in [3.8, 4) is 10.4 Å². The average molecular weight is 349 g/mol. The molecule has 2 aromatic rings. The first-order chi connectivity index (χ1) is 11.5. The summed E-state index contributed by atoms with van der Waals surface area (Å²) in [5, 5.41) is 2.56. The fraction of sp³-hybridized carbons (Fsp3) is 0.333. The molecule has 0 unspecified atom stereocenters. The highest BCUT2D eigenvalue weighted by Gasteiger charge is 2.15. The summed E-state index contributed by atoms with van der Waals surface area (Å²) in [6.45, 7) is 4.13. The van der Waals surface area contributed by atoms with Crippen molar-refractivity contribution in [2.45, 2.75) is 26.7 Å². The fourth-order valence-corrected chi connectivity index (χ4v) is 3.20. The van der Waals surface area contributed by atoms with Crippen LogP contribution in [0.15, 0.2) is 30.3 Å². The van der Waals surface area contributed by atoms with Crippen LogP contribution >= 0.6 is 11.3 Å². The zero-order valence-corrected chi connectivity index (χ0v) is 14.5. The smallest absolute Gasteiger partial charge is 0.325 e. The number of benzene rings is 1. The number of unbranched alkanes of at least 4 members (excludes halogenated alkanes) is 1. The number of carbonyl (C=O) groups is 2. The first-order valence-electron chi connectivity index (χ1n) is 7.81. The Morgan fingerprint density at radius 2 is 1.96 bits per heavy atom. The Balaban J connectivity index is 1.97. The predicted molar refractivity (Wildman–Crippen MR) is 92.7 cm³/mol. The number of ether oxygens (including phenoxy) is 1. The molecule has 0 fully saturated rings. The summed E-state index contributed by atoms with van der Waals surface area (Å²) in [6.07, 6.45) is 1.76. The summed E-state index contributed by atoms with van der Waals surface area (Å²) in [5.74, 6) is -1.06. The molecule has 0 aliphatic heterocycles. The Hall–Kier alpha value is -2.21. The summed E-state index contributed by atoms with van der Waals surface area (Å²) >= 11 is 1.31. The van der Waals surface area contributed by atoms with Crippen LogP contribution in [-0.4, -0.2) is 25.0 Å². The number of thiophene rings is 1. The van der Waals surface area contributed by atoms with Gasteiger partial charge < -0.3 is 10.1 Å². The summed E-state index contributed by atoms with van der Waals surface area (Å²) < 4.78 is 18.0. The third-order valence-electron chi connectivity index (χ3n) is 3.40. The second-order valence-electron chi connectivity index (χ2n) is 5.39. The number of hydrogen-bond acceptors (Lipinski definition) is 4. The molecular formula is C18H20FNO3S. The molecule has 2 rings (SSSR count). The minimum absolute atomic E-state index is 0.147. The summed E-state index contributed by atoms with van der Waals surface area (Å²) in [5.41, 5.74) is 1.79. The van der Waals surface area contributed by atoms with Crippen LogP contribution in [0.2, 0.25) is 0 Å². The van der Waals surface area contributed by atoms with Crippen molar-refractivity contribution in [3.05, 3.63) is 46.6 Å². The molecule has 4 nitrogen and oxygen atoms in total. The van der Waals surface area contributed by atoms with Crippen LogP contribution in [0.4, 0.5) is 4.39 Å². The predicted octanol–water partition coefficient (Wildman–Crippen LogP) is 3.94. The van der Waals surface area contributed by atoms with Crippen molar-refractivity contribution in [2.75, 3.05) is 13.2 Å². The molecule has 0 bridgehead atoms. The topological polar surface area (TPSA) is 55.4 Å². The lowest BCUT2D eigenvalue weighted by Gasteiger charge is -2.04. The maximum Gasteiger partial charge on any atom is 0.325 e. The molecule has 0 saturated heterocycles. The van der Waals surface area contributed by atoms with Gasteiger partial charge in [0.25, 0.3) is 5.91 Å². The van der Waals surface area contributed by atoms with Gasteiger partial charge in [0.15, 0.2) is 0 Å². The molecule has 24 heavy (non-hydrogen) atoms. The molecule has 1 heterocycles. The maximum absolute atomic E-state index is 13.0. The summed E-state index contributed by atoms with van der Waals surface area (Å²) in [7, 11) is 0. The Bertz CT molecular complexity index is 710. The van der Waals surface area contributed by atoms with E-state index in [2.05, 4.69) is 5.32 Å². The van der Waals surface area contributed by atoms with Crippen molar-refractivity contribution < 1.29 is 18.7 Å². The third-order valence-corrected chi connectivity index (χ3v) is 4.69. The van der Waals surface area contributed by atoms with Crippen molar-refractivity contribution in [3.63, 3.8) is 0 Å². The molecule has 1 amide bonds. The lowest BCUT2D eigenvalue weighted by atomic mass is 10.1. The Morgan fingerprint density at radius 1 is 1.25 bits per heavy atom. The molecule has 0 atom stereocenters. The average Bonchev–Trinajstić information content (AvgIpc) is 2.95. The molecule has 1 N–H and O–H groups in total. The molecule has 0 aliphatic carbocycles. The van der Waals surface area contributed by atoms with Crippen LogP contribution in [0, 0.1) is 12.7 Å². The minimum atomic E-state index is -0.441. The van der Waals surface area contributed by atoms with Crippen LogP contribution in [0.5, 0.6) is 0 Å². The van der Waals surface area contributed by atoms with Crippen LogP contribution < -0.4 is 5.32 Å². The van der Waals surface area contributed by atoms with E-state index in [-0.39, 0.29) is 18.3 Å². The second kappa shape index (κ2) is 8.59. The SMILES string of the molecule is CCCCOC(=O)CNC(=O)c1cc(C)c(-c2ccc(F)cc2)s1. The van der Waals surface area contributed by atoms with Crippen LogP contribution in [0.1, 0.15) is 35.0 Å². The van der Waals surface area contributed by atoms with E-state index < -0.39 is 5.97 Å². The highest BCUT2D eigenvalue weighted by atomic mass is 32.1. The molecule has 6 heteroatoms. The molecule has 1 aromatic heterocycles. The van der Waals surface area contributed by atoms with E-state index in [0.29, 0.717) is 11.5 Å². The van der Waals surface area contributed by atoms with Gasteiger partial charge >= 0.3 is 5.97 Å². The Morgan fingerprint density at radius 3 is 2.62 bits per heavy atom. The minimum Gasteiger partial charge on any atom is -0.464 e. The van der Waals surface area contributed by atoms with Gasteiger partial charge in [-0.25, -0.2) is 4.39 Å². The van der Waals surface area contributed by atoms with Crippen molar-refractivity contribution in [1.29, 1.82) is 0 Å². The summed E-state index contributed by atoms with van der Waals surface area (Å²) in [4.78, 5) is 25.1. The highest BCUT2D eigenvalue weighted by Crippen LogP contribution is 2.32. The van der Waals surface area contributed by atoms with Gasteiger partial charge in [-0.2, -0.15) is 0 Å². The van der Waals surface area contributed by atoms with E-state index >= 15 is 0 Å². The lowest BCUT2D eigenvalue weighted by molar-refractivity contribution is -0.142. The van der Waals surface area contributed by atoms with Gasteiger partial charge in [-0.15, -0.1) is 11.3 Å². The molecular weight excluding hydrogens is 329 g/mol. The van der Waals surface area contributed by atoms with Crippen molar-refractivity contribution in [1.82, 2.24) is 5.32 Å². The Labute approximate surface area is 144 Å². The molecule has 128 valence electrons. The van der Waals surface area contributed by atoms with Gasteiger partial charge in [0.05, 0.1) is 11.5 Å². The van der Waals surface area contributed by atoms with Crippen LogP contribution in [0.25, 0.3) is 10.4 Å². The largest absolute Gasteiger partial charge is 0.464 e. The summed E-state index contributed by atoms with van der Waals surface area (Å²) in [6, 6.07) is 7.91. The number of rotatable bonds is 7. The quantitative estimate of drug-likeness (QED) is 0.608. The number of halogens is 1. The van der Waals surface area contributed by atoms with Crippen molar-refractivity contribution >= 4 is 23.2 Å². The van der Waals surface area contributed by atoms with Gasteiger partial charge in [-0.05, 0) is 42.7 Å². The number of nitrogens with one attached hydrogen (secondary N) is 1. The number of carbonyl (C=O) groups excluding carboxylic acids is 2. The normalized spacial score (nSPS) is 10.5. The number of esters is 1. The molecule has 0 saturated carbocycles. The second-order valence-corrected chi connectivity index (χ2v) is 6.44. The number of aryl methyl sites for hydroxylation is 1. The number of hydrogen-bond donors (Lipinski definition) is 1. The first kappa shape index (κ1) is 18.1. The van der Waals surface area contributed by atoms with Gasteiger partial charge in [0.1, 0.15) is 12.4 Å². The van der Waals surface area contributed by atoms with E-state index in [1.165, 1.54) is 23.5 Å². The fourth-order valence-electron chi connectivity index (χ4n) is 2.10. The highest BCUT2D eigenvalue weighted by molar-refractivity contribution is 7.17. The Kier molecular flexibility index (Phi) is 6.49. The number of amides is 1. The van der Waals surface area contributed by atoms with Gasteiger partial charge in [0, 0.05) is 4.88 Å². The van der Waals surface area contributed by atoms with Crippen LogP contribution in [0.3, 0.4) is 0 Å². The lowest BCUT2D eigenvalue weighted by Crippen LogP contribution is -2.30. The van der Waals surface area contributed by atoms with E-state index in [0.717, 1.165) is 28.8 Å². The first-order valence-corrected chi connectivity index (χ1v) is 8.63. The monoisotopic (exact) mass is 349 g/mol. The third kappa shape index (κ3) is 4.89. The van der Waals surface area contributed by atoms with Crippen LogP contribution in [-0.2, 0) is 9.53 Å². The zero-order chi connectivity index (χ0) is 17.5. The zero-order valence-electron chi connectivity index (χ0n) is 13.7. The van der Waals surface area contributed by atoms with E-state index in [4.69, 9.17) is 4.74 Å². The van der Waals surface area contributed by atoms with Gasteiger partial charge in [-0.1, -0.05) is 25.5 Å². The molecule has 0 spiro atoms. The van der Waals surface area contributed by atoms with E-state index in [1.54, 1.807) is 18.2 Å². The van der Waals surface area contributed by atoms with Gasteiger partial charge in [0.2, 0.25) is 0 Å². The standard InChI is InChI=1S/C18H20FNO3S/c1-3-4-9-23-16(21)11-20-18(22)15-10-12(2)17(24-15)13-5-7-14(19)8-6-13/h5-8,10H,3-4,9,11H2,1-2H3,(H,20,22). The van der Waals surface area contributed by atoms with E-state index in [1.807, 2.05) is 13.8 Å². The molecule has 1 aromatic carbocycles. The maximum atomic E-state index is 13.0. The molecule has 0 aliphatic rings. The van der Waals surface area contributed by atoms with Gasteiger partial charge in [-0.3, -0.25) is 9.59 Å². The molecule has 0 radical (unpaired) electrons. The van der Waals surface area contributed by atoms with E-state index in [9.17, 15) is 14.0 Å². The van der Waals surface area contributed by atoms with Crippen molar-refractivity contribution in [2.24, 2.45) is 0 Å².